The molecule has 0 aliphatic rings. The van der Waals surface area contributed by atoms with Gasteiger partial charge in [-0.2, -0.15) is 5.10 Å². The Balaban J connectivity index is 1.65. The van der Waals surface area contributed by atoms with Gasteiger partial charge in [0.1, 0.15) is 0 Å². The van der Waals surface area contributed by atoms with E-state index >= 15 is 0 Å². The molecule has 2 rings (SSSR count). The molecule has 0 unspecified atom stereocenters. The van der Waals surface area contributed by atoms with E-state index in [0.717, 1.165) is 32.0 Å². The van der Waals surface area contributed by atoms with Crippen LogP contribution in [-0.2, 0) is 13.0 Å². The molecule has 0 spiro atoms. The second-order valence-corrected chi connectivity index (χ2v) is 4.43. The summed E-state index contributed by atoms with van der Waals surface area (Å²) in [5.74, 6) is 0.827. The van der Waals surface area contributed by atoms with Gasteiger partial charge in [-0.05, 0) is 18.1 Å². The molecular formula is C15H21N5. The van der Waals surface area contributed by atoms with E-state index in [1.54, 1.807) is 13.2 Å². The third-order valence-corrected chi connectivity index (χ3v) is 2.97. The normalized spacial score (nSPS) is 11.3. The van der Waals surface area contributed by atoms with Crippen molar-refractivity contribution in [2.45, 2.75) is 13.0 Å². The number of guanidine groups is 1. The molecule has 0 bridgehead atoms. The summed E-state index contributed by atoms with van der Waals surface area (Å²) in [5, 5.41) is 10.7. The fraction of sp³-hybridized carbons (Fsp3) is 0.333. The van der Waals surface area contributed by atoms with Gasteiger partial charge in [0.2, 0.25) is 0 Å². The van der Waals surface area contributed by atoms with Gasteiger partial charge < -0.3 is 10.6 Å². The van der Waals surface area contributed by atoms with Crippen molar-refractivity contribution in [3.8, 4) is 0 Å². The minimum Gasteiger partial charge on any atom is -0.356 e. The molecule has 0 aliphatic heterocycles. The van der Waals surface area contributed by atoms with E-state index in [4.69, 9.17) is 0 Å². The Morgan fingerprint density at radius 1 is 1.15 bits per heavy atom. The maximum atomic E-state index is 4.20. The molecule has 1 aromatic heterocycles. The Bertz CT molecular complexity index is 504. The summed E-state index contributed by atoms with van der Waals surface area (Å²) in [4.78, 5) is 4.20. The van der Waals surface area contributed by atoms with Crippen LogP contribution in [0.2, 0.25) is 0 Å². The van der Waals surface area contributed by atoms with Crippen LogP contribution in [0.1, 0.15) is 5.56 Å². The van der Waals surface area contributed by atoms with Crippen molar-refractivity contribution in [1.82, 2.24) is 20.4 Å². The molecular weight excluding hydrogens is 250 g/mol. The number of aromatic nitrogens is 2. The van der Waals surface area contributed by atoms with E-state index in [2.05, 4.69) is 45.0 Å². The third kappa shape index (κ3) is 4.76. The number of benzene rings is 1. The summed E-state index contributed by atoms with van der Waals surface area (Å²) < 4.78 is 1.89. The number of aliphatic imine (C=N–C) groups is 1. The quantitative estimate of drug-likeness (QED) is 0.615. The first kappa shape index (κ1) is 14.1. The van der Waals surface area contributed by atoms with Crippen LogP contribution in [0.25, 0.3) is 0 Å². The standard InChI is InChI=1S/C15H21N5/c1-16-15(18-11-13-20-12-5-9-19-20)17-10-8-14-6-3-2-4-7-14/h2-7,9,12H,8,10-11,13H2,1H3,(H2,16,17,18). The van der Waals surface area contributed by atoms with E-state index in [0.29, 0.717) is 0 Å². The largest absolute Gasteiger partial charge is 0.356 e. The zero-order valence-corrected chi connectivity index (χ0v) is 11.8. The highest BCUT2D eigenvalue weighted by atomic mass is 15.3. The lowest BCUT2D eigenvalue weighted by molar-refractivity contribution is 0.598. The van der Waals surface area contributed by atoms with E-state index in [1.807, 2.05) is 23.0 Å². The molecule has 2 N–H and O–H groups in total. The summed E-state index contributed by atoms with van der Waals surface area (Å²) in [6.45, 7) is 2.49. The molecule has 1 heterocycles. The van der Waals surface area contributed by atoms with Gasteiger partial charge in [-0.25, -0.2) is 0 Å². The number of nitrogens with zero attached hydrogens (tertiary/aromatic N) is 3. The van der Waals surface area contributed by atoms with Gasteiger partial charge >= 0.3 is 0 Å². The molecule has 0 aliphatic carbocycles. The molecule has 0 amide bonds. The molecule has 20 heavy (non-hydrogen) atoms. The van der Waals surface area contributed by atoms with Crippen LogP contribution in [0.4, 0.5) is 0 Å². The van der Waals surface area contributed by atoms with Crippen LogP contribution in [0.3, 0.4) is 0 Å². The smallest absolute Gasteiger partial charge is 0.191 e. The topological polar surface area (TPSA) is 54.2 Å². The van der Waals surface area contributed by atoms with Crippen LogP contribution >= 0.6 is 0 Å². The maximum absolute atomic E-state index is 4.20. The second kappa shape index (κ2) is 7.99. The molecule has 0 radical (unpaired) electrons. The van der Waals surface area contributed by atoms with Crippen molar-refractivity contribution in [2.75, 3.05) is 20.1 Å². The maximum Gasteiger partial charge on any atom is 0.191 e. The summed E-state index contributed by atoms with van der Waals surface area (Å²) in [6, 6.07) is 12.4. The predicted octanol–water partition coefficient (Wildman–Crippen LogP) is 1.29. The zero-order valence-electron chi connectivity index (χ0n) is 11.8. The lowest BCUT2D eigenvalue weighted by Gasteiger charge is -2.11. The molecule has 106 valence electrons. The Morgan fingerprint density at radius 3 is 2.65 bits per heavy atom. The fourth-order valence-corrected chi connectivity index (χ4v) is 1.91. The Morgan fingerprint density at radius 2 is 1.95 bits per heavy atom. The number of nitrogens with one attached hydrogen (secondary N) is 2. The van der Waals surface area contributed by atoms with Crippen LogP contribution in [0, 0.1) is 0 Å². The van der Waals surface area contributed by atoms with Gasteiger partial charge in [-0.15, -0.1) is 0 Å². The van der Waals surface area contributed by atoms with Gasteiger partial charge in [-0.1, -0.05) is 30.3 Å². The highest BCUT2D eigenvalue weighted by Crippen LogP contribution is 1.97. The molecule has 5 nitrogen and oxygen atoms in total. The van der Waals surface area contributed by atoms with E-state index < -0.39 is 0 Å². The molecule has 0 fully saturated rings. The zero-order chi connectivity index (χ0) is 14.0. The summed E-state index contributed by atoms with van der Waals surface area (Å²) in [5.41, 5.74) is 1.33. The molecule has 0 atom stereocenters. The number of rotatable bonds is 6. The first-order valence-corrected chi connectivity index (χ1v) is 6.84. The van der Waals surface area contributed by atoms with Crippen molar-refractivity contribution in [3.05, 3.63) is 54.4 Å². The number of hydrogen-bond donors (Lipinski definition) is 2. The molecule has 0 saturated heterocycles. The first-order chi connectivity index (χ1) is 9.88. The first-order valence-electron chi connectivity index (χ1n) is 6.84. The average Bonchev–Trinajstić information content (AvgIpc) is 3.00. The monoisotopic (exact) mass is 271 g/mol. The molecule has 2 aromatic rings. The van der Waals surface area contributed by atoms with Gasteiger partial charge in [0, 0.05) is 32.5 Å². The van der Waals surface area contributed by atoms with Crippen LogP contribution in [0.5, 0.6) is 0 Å². The second-order valence-electron chi connectivity index (χ2n) is 4.43. The van der Waals surface area contributed by atoms with Crippen LogP contribution in [0.15, 0.2) is 53.8 Å². The lowest BCUT2D eigenvalue weighted by atomic mass is 10.1. The Hall–Kier alpha value is -2.30. The van der Waals surface area contributed by atoms with E-state index in [-0.39, 0.29) is 0 Å². The van der Waals surface area contributed by atoms with Gasteiger partial charge in [-0.3, -0.25) is 9.67 Å². The SMILES string of the molecule is CN=C(NCCc1ccccc1)NCCn1cccn1. The highest BCUT2D eigenvalue weighted by Gasteiger charge is 1.97. The summed E-state index contributed by atoms with van der Waals surface area (Å²) in [7, 11) is 1.78. The minimum atomic E-state index is 0.798. The van der Waals surface area contributed by atoms with Gasteiger partial charge in [0.25, 0.3) is 0 Å². The van der Waals surface area contributed by atoms with Crippen molar-refractivity contribution >= 4 is 5.96 Å². The fourth-order valence-electron chi connectivity index (χ4n) is 1.91. The van der Waals surface area contributed by atoms with Crippen LogP contribution < -0.4 is 10.6 Å². The Kier molecular flexibility index (Phi) is 5.64. The van der Waals surface area contributed by atoms with E-state index in [9.17, 15) is 0 Å². The van der Waals surface area contributed by atoms with E-state index in [1.165, 1.54) is 5.56 Å². The third-order valence-electron chi connectivity index (χ3n) is 2.97. The van der Waals surface area contributed by atoms with Crippen molar-refractivity contribution in [1.29, 1.82) is 0 Å². The average molecular weight is 271 g/mol. The minimum absolute atomic E-state index is 0.798. The Labute approximate surface area is 119 Å². The van der Waals surface area contributed by atoms with Crippen LogP contribution in [-0.4, -0.2) is 35.9 Å². The van der Waals surface area contributed by atoms with Gasteiger partial charge in [0.15, 0.2) is 5.96 Å². The molecule has 1 aromatic carbocycles. The number of hydrogen-bond acceptors (Lipinski definition) is 2. The van der Waals surface area contributed by atoms with Gasteiger partial charge in [0.05, 0.1) is 6.54 Å². The summed E-state index contributed by atoms with van der Waals surface area (Å²) >= 11 is 0. The van der Waals surface area contributed by atoms with Crippen molar-refractivity contribution in [3.63, 3.8) is 0 Å². The lowest BCUT2D eigenvalue weighted by Crippen LogP contribution is -2.39. The molecule has 0 saturated carbocycles. The predicted molar refractivity (Wildman–Crippen MR) is 81.7 cm³/mol. The molecule has 5 heteroatoms. The van der Waals surface area contributed by atoms with Crippen molar-refractivity contribution < 1.29 is 0 Å². The summed E-state index contributed by atoms with van der Waals surface area (Å²) in [6.07, 6.45) is 4.72. The highest BCUT2D eigenvalue weighted by molar-refractivity contribution is 5.79. The van der Waals surface area contributed by atoms with Crippen molar-refractivity contribution in [2.24, 2.45) is 4.99 Å².